The molecule has 218 valence electrons. The average Bonchev–Trinajstić information content (AvgIpc) is 3.23. The first-order chi connectivity index (χ1) is 19.1. The number of hydrogen-bond donors (Lipinski definition) is 2. The van der Waals surface area contributed by atoms with Crippen molar-refractivity contribution >= 4 is 12.1 Å². The lowest BCUT2D eigenvalue weighted by Gasteiger charge is -2.44. The van der Waals surface area contributed by atoms with Crippen LogP contribution in [0.3, 0.4) is 0 Å². The number of aromatic nitrogens is 2. The van der Waals surface area contributed by atoms with Crippen LogP contribution in [-0.4, -0.2) is 84.2 Å². The van der Waals surface area contributed by atoms with Gasteiger partial charge in [0.1, 0.15) is 18.4 Å². The van der Waals surface area contributed by atoms with Crippen molar-refractivity contribution in [1.29, 1.82) is 0 Å². The number of alkyl halides is 3. The van der Waals surface area contributed by atoms with Gasteiger partial charge in [-0.2, -0.15) is 0 Å². The second-order valence-electron chi connectivity index (χ2n) is 10.6. The Morgan fingerprint density at radius 2 is 1.90 bits per heavy atom. The minimum absolute atomic E-state index is 0.0596. The van der Waals surface area contributed by atoms with E-state index in [1.54, 1.807) is 0 Å². The molecule has 0 radical (unpaired) electrons. The number of benzene rings is 1. The maximum atomic E-state index is 14.6. The number of piperazine rings is 1. The molecule has 40 heavy (non-hydrogen) atoms. The molecule has 1 aliphatic carbocycles. The Morgan fingerprint density at radius 3 is 2.55 bits per heavy atom. The summed E-state index contributed by atoms with van der Waals surface area (Å²) < 4.78 is 61.8. The molecule has 4 atom stereocenters. The number of anilines is 1. The van der Waals surface area contributed by atoms with Crippen LogP contribution < -0.4 is 15.0 Å². The summed E-state index contributed by atoms with van der Waals surface area (Å²) in [4.78, 5) is 25.5. The fourth-order valence-corrected chi connectivity index (χ4v) is 5.98. The zero-order valence-electron chi connectivity index (χ0n) is 22.1. The summed E-state index contributed by atoms with van der Waals surface area (Å²) in [5.41, 5.74) is 1.88. The smallest absolute Gasteiger partial charge is 0.403 e. The van der Waals surface area contributed by atoms with Gasteiger partial charge in [0, 0.05) is 51.0 Å². The van der Waals surface area contributed by atoms with Crippen LogP contribution in [0.15, 0.2) is 24.5 Å². The summed E-state index contributed by atoms with van der Waals surface area (Å²) in [6.45, 7) is 5.49. The van der Waals surface area contributed by atoms with Gasteiger partial charge in [0.25, 0.3) is 0 Å². The van der Waals surface area contributed by atoms with Gasteiger partial charge >= 0.3 is 6.36 Å². The Hall–Kier alpha value is -2.87. The van der Waals surface area contributed by atoms with Gasteiger partial charge in [-0.15, -0.1) is 13.2 Å². The van der Waals surface area contributed by atoms with Crippen LogP contribution in [0.5, 0.6) is 5.75 Å². The van der Waals surface area contributed by atoms with Gasteiger partial charge in [0.05, 0.1) is 23.9 Å². The number of nitrogens with one attached hydrogen (secondary N) is 1. The summed E-state index contributed by atoms with van der Waals surface area (Å²) in [7, 11) is 0. The van der Waals surface area contributed by atoms with E-state index in [2.05, 4.69) is 29.8 Å². The highest BCUT2D eigenvalue weighted by Gasteiger charge is 2.37. The van der Waals surface area contributed by atoms with Gasteiger partial charge < -0.3 is 24.3 Å². The number of fused-ring (bicyclic) bond motifs is 1. The molecule has 2 saturated heterocycles. The van der Waals surface area contributed by atoms with E-state index in [9.17, 15) is 27.5 Å². The summed E-state index contributed by atoms with van der Waals surface area (Å²) in [6.07, 6.45) is -1.90. The molecule has 3 aliphatic rings. The largest absolute Gasteiger partial charge is 0.573 e. The molecule has 2 unspecified atom stereocenters. The highest BCUT2D eigenvalue weighted by atomic mass is 19.4. The standard InChI is InChI=1S/C27H33F4N5O4/c1-16-12-21(38)24-23(16)26(33-15-32-24)36-8-6-35(7-9-36)25(34-18-4-10-39-11-5-18)19(14-37)17-2-3-22(20(28)13-17)40-27(29,30)31/h2-3,13-16,18-19,21,25,34,38H,4-12H2,1H3/t16-,19?,21+,25?/m1/s1. The molecule has 2 aliphatic heterocycles. The Bertz CT molecular complexity index is 1190. The quantitative estimate of drug-likeness (QED) is 0.368. The number of aldehydes is 1. The number of ether oxygens (including phenoxy) is 2. The van der Waals surface area contributed by atoms with E-state index in [1.807, 2.05) is 6.92 Å². The van der Waals surface area contributed by atoms with Crippen molar-refractivity contribution in [3.05, 3.63) is 47.2 Å². The van der Waals surface area contributed by atoms with E-state index >= 15 is 0 Å². The van der Waals surface area contributed by atoms with Gasteiger partial charge in [-0.05, 0) is 42.9 Å². The number of halogens is 4. The van der Waals surface area contributed by atoms with Crippen LogP contribution >= 0.6 is 0 Å². The molecule has 2 aromatic rings. The number of rotatable bonds is 8. The maximum absolute atomic E-state index is 14.6. The van der Waals surface area contributed by atoms with Gasteiger partial charge in [-0.25, -0.2) is 14.4 Å². The topological polar surface area (TPSA) is 100 Å². The van der Waals surface area contributed by atoms with E-state index in [-0.39, 0.29) is 17.5 Å². The Balaban J connectivity index is 1.36. The monoisotopic (exact) mass is 567 g/mol. The maximum Gasteiger partial charge on any atom is 0.573 e. The molecule has 0 spiro atoms. The van der Waals surface area contributed by atoms with Crippen LogP contribution in [-0.2, 0) is 9.53 Å². The van der Waals surface area contributed by atoms with E-state index in [0.717, 1.165) is 36.4 Å². The lowest BCUT2D eigenvalue weighted by Crippen LogP contribution is -2.59. The minimum Gasteiger partial charge on any atom is -0.403 e. The summed E-state index contributed by atoms with van der Waals surface area (Å²) >= 11 is 0. The molecule has 9 nitrogen and oxygen atoms in total. The highest BCUT2D eigenvalue weighted by molar-refractivity contribution is 5.64. The molecule has 13 heteroatoms. The van der Waals surface area contributed by atoms with E-state index in [4.69, 9.17) is 4.74 Å². The van der Waals surface area contributed by atoms with Crippen LogP contribution in [0.1, 0.15) is 60.9 Å². The van der Waals surface area contributed by atoms with Gasteiger partial charge in [0.15, 0.2) is 11.6 Å². The molecule has 1 aromatic heterocycles. The molecular weight excluding hydrogens is 534 g/mol. The highest BCUT2D eigenvalue weighted by Crippen LogP contribution is 2.43. The van der Waals surface area contributed by atoms with Gasteiger partial charge in [-0.1, -0.05) is 13.0 Å². The molecule has 3 heterocycles. The van der Waals surface area contributed by atoms with Crippen LogP contribution in [0.4, 0.5) is 23.4 Å². The third kappa shape index (κ3) is 6.22. The lowest BCUT2D eigenvalue weighted by atomic mass is 9.94. The fourth-order valence-electron chi connectivity index (χ4n) is 5.98. The Labute approximate surface area is 229 Å². The predicted octanol–water partition coefficient (Wildman–Crippen LogP) is 3.25. The summed E-state index contributed by atoms with van der Waals surface area (Å²) in [5, 5.41) is 13.9. The molecule has 0 saturated carbocycles. The van der Waals surface area contributed by atoms with E-state index in [1.165, 1.54) is 12.4 Å². The zero-order chi connectivity index (χ0) is 28.4. The van der Waals surface area contributed by atoms with Crippen molar-refractivity contribution in [1.82, 2.24) is 20.2 Å². The third-order valence-corrected chi connectivity index (χ3v) is 7.97. The Kier molecular flexibility index (Phi) is 8.55. The van der Waals surface area contributed by atoms with Crippen LogP contribution in [0, 0.1) is 5.82 Å². The molecule has 2 fully saturated rings. The number of nitrogens with zero attached hydrogens (tertiary/aromatic N) is 4. The number of hydrogen-bond acceptors (Lipinski definition) is 9. The first-order valence-electron chi connectivity index (χ1n) is 13.5. The van der Waals surface area contributed by atoms with Crippen LogP contribution in [0.25, 0.3) is 0 Å². The predicted molar refractivity (Wildman–Crippen MR) is 136 cm³/mol. The molecule has 5 rings (SSSR count). The normalized spacial score (nSPS) is 24.0. The van der Waals surface area contributed by atoms with Gasteiger partial charge in [0.2, 0.25) is 0 Å². The van der Waals surface area contributed by atoms with Crippen molar-refractivity contribution in [3.8, 4) is 5.75 Å². The Morgan fingerprint density at radius 1 is 1.18 bits per heavy atom. The average molecular weight is 568 g/mol. The number of aliphatic hydroxyl groups is 1. The number of aliphatic hydroxyl groups excluding tert-OH is 1. The zero-order valence-corrected chi connectivity index (χ0v) is 22.1. The molecule has 0 bridgehead atoms. The summed E-state index contributed by atoms with van der Waals surface area (Å²) in [6, 6.07) is 3.20. The minimum atomic E-state index is -5.03. The van der Waals surface area contributed by atoms with Crippen molar-refractivity contribution in [2.45, 2.75) is 62.7 Å². The fraction of sp³-hybridized carbons (Fsp3) is 0.593. The summed E-state index contributed by atoms with van der Waals surface area (Å²) in [5.74, 6) is -2.05. The third-order valence-electron chi connectivity index (χ3n) is 7.97. The number of carbonyl (C=O) groups is 1. The first kappa shape index (κ1) is 28.7. The first-order valence-corrected chi connectivity index (χ1v) is 13.5. The van der Waals surface area contributed by atoms with Crippen LogP contribution in [0.2, 0.25) is 0 Å². The van der Waals surface area contributed by atoms with E-state index in [0.29, 0.717) is 57.8 Å². The molecular formula is C27H33F4N5O4. The van der Waals surface area contributed by atoms with E-state index < -0.39 is 36.1 Å². The van der Waals surface area contributed by atoms with Gasteiger partial charge in [-0.3, -0.25) is 10.2 Å². The van der Waals surface area contributed by atoms with Crippen molar-refractivity contribution < 1.29 is 36.9 Å². The second kappa shape index (κ2) is 11.9. The second-order valence-corrected chi connectivity index (χ2v) is 10.6. The van der Waals surface area contributed by atoms with Crippen molar-refractivity contribution in [2.24, 2.45) is 0 Å². The molecule has 1 aromatic carbocycles. The molecule has 2 N–H and O–H groups in total. The number of carbonyl (C=O) groups excluding carboxylic acids is 1. The molecule has 0 amide bonds. The SMILES string of the molecule is C[C@@H]1C[C@H](O)c2ncnc(N3CCN(C(NC4CCOCC4)C(C=O)c4ccc(OC(F)(F)F)c(F)c4)CC3)c21. The van der Waals surface area contributed by atoms with Crippen molar-refractivity contribution in [3.63, 3.8) is 0 Å². The van der Waals surface area contributed by atoms with Crippen molar-refractivity contribution in [2.75, 3.05) is 44.3 Å². The lowest BCUT2D eigenvalue weighted by molar-refractivity contribution is -0.275.